The Kier molecular flexibility index (Phi) is 4.85. The SMILES string of the molecule is CCSc1ccc(C(C=O)N(C)C)cc1. The van der Waals surface area contributed by atoms with E-state index in [1.165, 1.54) is 4.90 Å². The summed E-state index contributed by atoms with van der Waals surface area (Å²) in [6.07, 6.45) is 0.974. The monoisotopic (exact) mass is 223 g/mol. The van der Waals surface area contributed by atoms with Gasteiger partial charge in [-0.05, 0) is 37.5 Å². The molecule has 0 spiro atoms. The standard InChI is InChI=1S/C12H17NOS/c1-4-15-11-7-5-10(6-8-11)12(9-14)13(2)3/h5-9,12H,4H2,1-3H3. The molecule has 0 saturated heterocycles. The minimum Gasteiger partial charge on any atom is -0.301 e. The van der Waals surface area contributed by atoms with Crippen LogP contribution in [0.2, 0.25) is 0 Å². The first kappa shape index (κ1) is 12.3. The van der Waals surface area contributed by atoms with E-state index >= 15 is 0 Å². The first-order valence-electron chi connectivity index (χ1n) is 5.03. The van der Waals surface area contributed by atoms with Crippen LogP contribution in [0.15, 0.2) is 29.2 Å². The summed E-state index contributed by atoms with van der Waals surface area (Å²) in [4.78, 5) is 14.1. The molecule has 15 heavy (non-hydrogen) atoms. The smallest absolute Gasteiger partial charge is 0.141 e. The molecule has 82 valence electrons. The number of aldehydes is 1. The maximum Gasteiger partial charge on any atom is 0.141 e. The van der Waals surface area contributed by atoms with Gasteiger partial charge in [-0.25, -0.2) is 0 Å². The highest BCUT2D eigenvalue weighted by Gasteiger charge is 2.11. The maximum absolute atomic E-state index is 10.9. The first-order valence-corrected chi connectivity index (χ1v) is 6.02. The highest BCUT2D eigenvalue weighted by atomic mass is 32.2. The van der Waals surface area contributed by atoms with Crippen molar-refractivity contribution in [1.29, 1.82) is 0 Å². The predicted molar refractivity (Wildman–Crippen MR) is 65.3 cm³/mol. The molecule has 0 amide bonds. The van der Waals surface area contributed by atoms with Gasteiger partial charge in [0.1, 0.15) is 6.29 Å². The molecule has 0 N–H and O–H groups in total. The van der Waals surface area contributed by atoms with E-state index < -0.39 is 0 Å². The number of rotatable bonds is 5. The predicted octanol–water partition coefficient (Wildman–Crippen LogP) is 2.60. The Hall–Kier alpha value is -0.800. The summed E-state index contributed by atoms with van der Waals surface area (Å²) in [6.45, 7) is 2.13. The van der Waals surface area contributed by atoms with Crippen molar-refractivity contribution in [3.05, 3.63) is 29.8 Å². The number of nitrogens with zero attached hydrogens (tertiary/aromatic N) is 1. The van der Waals surface area contributed by atoms with E-state index in [-0.39, 0.29) is 6.04 Å². The molecule has 0 heterocycles. The average Bonchev–Trinajstić information content (AvgIpc) is 2.21. The highest BCUT2D eigenvalue weighted by Crippen LogP contribution is 2.21. The van der Waals surface area contributed by atoms with Crippen molar-refractivity contribution in [3.8, 4) is 0 Å². The number of thioether (sulfide) groups is 1. The molecular weight excluding hydrogens is 206 g/mol. The number of carbonyl (C=O) groups excluding carboxylic acids is 1. The van der Waals surface area contributed by atoms with E-state index in [0.29, 0.717) is 0 Å². The summed E-state index contributed by atoms with van der Waals surface area (Å²) >= 11 is 1.81. The molecule has 1 aromatic carbocycles. The third kappa shape index (κ3) is 3.36. The Morgan fingerprint density at radius 2 is 1.93 bits per heavy atom. The molecule has 3 heteroatoms. The minimum atomic E-state index is -0.134. The van der Waals surface area contributed by atoms with Gasteiger partial charge in [0.25, 0.3) is 0 Å². The Bertz CT molecular complexity index is 308. The third-order valence-corrected chi connectivity index (χ3v) is 3.11. The van der Waals surface area contributed by atoms with Crippen molar-refractivity contribution in [2.75, 3.05) is 19.8 Å². The van der Waals surface area contributed by atoms with Crippen LogP contribution in [-0.2, 0) is 4.79 Å². The van der Waals surface area contributed by atoms with Gasteiger partial charge in [0, 0.05) is 4.90 Å². The molecule has 1 aromatic rings. The Balaban J connectivity index is 2.82. The van der Waals surface area contributed by atoms with Gasteiger partial charge in [-0.2, -0.15) is 0 Å². The van der Waals surface area contributed by atoms with E-state index in [1.54, 1.807) is 0 Å². The van der Waals surface area contributed by atoms with E-state index in [4.69, 9.17) is 0 Å². The zero-order valence-electron chi connectivity index (χ0n) is 9.43. The minimum absolute atomic E-state index is 0.134. The van der Waals surface area contributed by atoms with E-state index in [0.717, 1.165) is 17.6 Å². The van der Waals surface area contributed by atoms with Crippen LogP contribution in [0.3, 0.4) is 0 Å². The van der Waals surface area contributed by atoms with Gasteiger partial charge in [0.2, 0.25) is 0 Å². The summed E-state index contributed by atoms with van der Waals surface area (Å²) in [6, 6.07) is 8.06. The molecule has 1 unspecified atom stereocenters. The summed E-state index contributed by atoms with van der Waals surface area (Å²) in [5, 5.41) is 0. The van der Waals surface area contributed by atoms with Gasteiger partial charge >= 0.3 is 0 Å². The highest BCUT2D eigenvalue weighted by molar-refractivity contribution is 7.99. The summed E-state index contributed by atoms with van der Waals surface area (Å²) in [5.41, 5.74) is 1.05. The number of benzene rings is 1. The molecule has 0 radical (unpaired) electrons. The van der Waals surface area contributed by atoms with Crippen LogP contribution in [0, 0.1) is 0 Å². The van der Waals surface area contributed by atoms with Crippen LogP contribution in [0.25, 0.3) is 0 Å². The lowest BCUT2D eigenvalue weighted by Crippen LogP contribution is -2.20. The van der Waals surface area contributed by atoms with Gasteiger partial charge in [0.05, 0.1) is 6.04 Å². The van der Waals surface area contributed by atoms with Crippen molar-refractivity contribution >= 4 is 18.0 Å². The first-order chi connectivity index (χ1) is 7.19. The molecule has 0 aliphatic carbocycles. The second-order valence-electron chi connectivity index (χ2n) is 3.55. The van der Waals surface area contributed by atoms with Crippen molar-refractivity contribution in [1.82, 2.24) is 4.90 Å². The number of carbonyl (C=O) groups is 1. The van der Waals surface area contributed by atoms with Gasteiger partial charge in [-0.1, -0.05) is 19.1 Å². The van der Waals surface area contributed by atoms with Gasteiger partial charge in [-0.15, -0.1) is 11.8 Å². The van der Waals surface area contributed by atoms with Crippen LogP contribution >= 0.6 is 11.8 Å². The van der Waals surface area contributed by atoms with E-state index in [1.807, 2.05) is 42.9 Å². The Morgan fingerprint density at radius 1 is 1.33 bits per heavy atom. The maximum atomic E-state index is 10.9. The number of hydrogen-bond donors (Lipinski definition) is 0. The van der Waals surface area contributed by atoms with E-state index in [2.05, 4.69) is 19.1 Å². The number of hydrogen-bond acceptors (Lipinski definition) is 3. The molecule has 2 nitrogen and oxygen atoms in total. The van der Waals surface area contributed by atoms with Gasteiger partial charge < -0.3 is 4.79 Å². The molecule has 0 saturated carbocycles. The normalized spacial score (nSPS) is 12.8. The lowest BCUT2D eigenvalue weighted by atomic mass is 10.1. The second-order valence-corrected chi connectivity index (χ2v) is 4.88. The van der Waals surface area contributed by atoms with Crippen molar-refractivity contribution < 1.29 is 4.79 Å². The van der Waals surface area contributed by atoms with Crippen LogP contribution in [0.5, 0.6) is 0 Å². The molecule has 1 rings (SSSR count). The zero-order chi connectivity index (χ0) is 11.3. The Morgan fingerprint density at radius 3 is 2.33 bits per heavy atom. The Labute approximate surface area is 95.7 Å². The zero-order valence-corrected chi connectivity index (χ0v) is 10.3. The van der Waals surface area contributed by atoms with Crippen LogP contribution in [0.4, 0.5) is 0 Å². The molecule has 0 aliphatic rings. The third-order valence-electron chi connectivity index (χ3n) is 2.22. The second kappa shape index (κ2) is 5.93. The fourth-order valence-corrected chi connectivity index (χ4v) is 2.09. The lowest BCUT2D eigenvalue weighted by Gasteiger charge is -2.18. The van der Waals surface area contributed by atoms with Crippen LogP contribution < -0.4 is 0 Å². The molecule has 0 aliphatic heterocycles. The molecule has 0 fully saturated rings. The van der Waals surface area contributed by atoms with Crippen LogP contribution in [0.1, 0.15) is 18.5 Å². The van der Waals surface area contributed by atoms with Gasteiger partial charge in [-0.3, -0.25) is 4.90 Å². The average molecular weight is 223 g/mol. The van der Waals surface area contributed by atoms with Gasteiger partial charge in [0.15, 0.2) is 0 Å². The van der Waals surface area contributed by atoms with Crippen LogP contribution in [-0.4, -0.2) is 31.0 Å². The van der Waals surface area contributed by atoms with E-state index in [9.17, 15) is 4.79 Å². The molecule has 0 bridgehead atoms. The largest absolute Gasteiger partial charge is 0.301 e. The fraction of sp³-hybridized carbons (Fsp3) is 0.417. The van der Waals surface area contributed by atoms with Crippen molar-refractivity contribution in [3.63, 3.8) is 0 Å². The molecular formula is C12H17NOS. The molecule has 1 atom stereocenters. The topological polar surface area (TPSA) is 20.3 Å². The fourth-order valence-electron chi connectivity index (χ4n) is 1.43. The summed E-state index contributed by atoms with van der Waals surface area (Å²) in [5.74, 6) is 1.07. The quantitative estimate of drug-likeness (QED) is 0.565. The van der Waals surface area contributed by atoms with Crippen molar-refractivity contribution in [2.45, 2.75) is 17.9 Å². The number of likely N-dealkylation sites (N-methyl/N-ethyl adjacent to an activating group) is 1. The lowest BCUT2D eigenvalue weighted by molar-refractivity contribution is -0.111. The summed E-state index contributed by atoms with van der Waals surface area (Å²) in [7, 11) is 3.82. The molecule has 0 aromatic heterocycles. The van der Waals surface area contributed by atoms with Crippen molar-refractivity contribution in [2.24, 2.45) is 0 Å². The summed E-state index contributed by atoms with van der Waals surface area (Å²) < 4.78 is 0.